The number of hydrogen-bond acceptors (Lipinski definition) is 6. The molecule has 1 aliphatic rings. The van der Waals surface area contributed by atoms with E-state index in [4.69, 9.17) is 4.74 Å². The van der Waals surface area contributed by atoms with E-state index in [1.54, 1.807) is 24.3 Å². The third-order valence-electron chi connectivity index (χ3n) is 7.85. The second kappa shape index (κ2) is 13.3. The van der Waals surface area contributed by atoms with E-state index in [0.717, 1.165) is 50.7 Å². The number of hydrogen-bond donors (Lipinski definition) is 2. The number of nitrogens with zero attached hydrogens (tertiary/aromatic N) is 2. The van der Waals surface area contributed by atoms with E-state index >= 15 is 0 Å². The summed E-state index contributed by atoms with van der Waals surface area (Å²) < 4.78 is 71.0. The lowest BCUT2D eigenvalue weighted by atomic mass is 9.90. The van der Waals surface area contributed by atoms with Gasteiger partial charge in [-0.05, 0) is 75.0 Å². The van der Waals surface area contributed by atoms with E-state index < -0.39 is 22.6 Å². The van der Waals surface area contributed by atoms with Crippen LogP contribution in [0.1, 0.15) is 45.2 Å². The molecule has 0 unspecified atom stereocenters. The fourth-order valence-corrected chi connectivity index (χ4v) is 6.37. The van der Waals surface area contributed by atoms with Gasteiger partial charge in [-0.1, -0.05) is 25.8 Å². The molecule has 0 bridgehead atoms. The average Bonchev–Trinajstić information content (AvgIpc) is 3.28. The van der Waals surface area contributed by atoms with Crippen LogP contribution in [0.2, 0.25) is 0 Å². The topological polar surface area (TPSA) is 75.6 Å². The van der Waals surface area contributed by atoms with Crippen molar-refractivity contribution in [1.82, 2.24) is 9.47 Å². The molecule has 1 saturated carbocycles. The Bertz CT molecular complexity index is 1550. The fourth-order valence-electron chi connectivity index (χ4n) is 5.73. The molecule has 1 aromatic heterocycles. The van der Waals surface area contributed by atoms with Crippen LogP contribution in [0.15, 0.2) is 47.4 Å². The number of benzene rings is 2. The molecule has 1 heterocycles. The molecule has 228 valence electrons. The highest BCUT2D eigenvalue weighted by atomic mass is 32.2. The molecule has 3 aromatic rings. The maximum absolute atomic E-state index is 13.6. The molecule has 0 saturated heterocycles. The van der Waals surface area contributed by atoms with Gasteiger partial charge in [0.25, 0.3) is 0 Å². The van der Waals surface area contributed by atoms with Gasteiger partial charge in [0.2, 0.25) is 0 Å². The third-order valence-corrected chi connectivity index (χ3v) is 8.96. The highest BCUT2D eigenvalue weighted by Gasteiger charge is 2.30. The van der Waals surface area contributed by atoms with Crippen molar-refractivity contribution >= 4 is 32.1 Å². The van der Waals surface area contributed by atoms with Crippen LogP contribution in [0.3, 0.4) is 0 Å². The Labute approximate surface area is 246 Å². The largest absolute Gasteiger partial charge is 0.495 e. The Balaban J connectivity index is 1.55. The summed E-state index contributed by atoms with van der Waals surface area (Å²) in [4.78, 5) is 2.61. The summed E-state index contributed by atoms with van der Waals surface area (Å²) in [5.74, 6) is 6.15. The lowest BCUT2D eigenvalue weighted by molar-refractivity contribution is -0.140. The SMILES string of the molecule is CCN(CC)[C@H]1CC[C@H](Nc2cccc3c2cc(C#CCNc2ccc(S(C)(=O)=O)cc2OC)n3CC(F)(F)F)CC1. The number of anilines is 2. The van der Waals surface area contributed by atoms with Crippen LogP contribution >= 0.6 is 0 Å². The molecular weight excluding hydrogens is 565 g/mol. The Morgan fingerprint density at radius 2 is 1.76 bits per heavy atom. The second-order valence-corrected chi connectivity index (χ2v) is 12.6. The molecule has 7 nitrogen and oxygen atoms in total. The van der Waals surface area contributed by atoms with Gasteiger partial charge in [0.1, 0.15) is 12.3 Å². The number of aromatic nitrogens is 1. The van der Waals surface area contributed by atoms with Gasteiger partial charge in [-0.25, -0.2) is 8.42 Å². The number of fused-ring (bicyclic) bond motifs is 1. The molecule has 2 N–H and O–H groups in total. The van der Waals surface area contributed by atoms with Crippen LogP contribution in [-0.2, 0) is 16.4 Å². The van der Waals surface area contributed by atoms with Crippen molar-refractivity contribution in [3.05, 3.63) is 48.2 Å². The summed E-state index contributed by atoms with van der Waals surface area (Å²) in [5.41, 5.74) is 2.08. The first-order chi connectivity index (χ1) is 19.9. The van der Waals surface area contributed by atoms with Gasteiger partial charge in [0.15, 0.2) is 9.84 Å². The van der Waals surface area contributed by atoms with Crippen LogP contribution < -0.4 is 15.4 Å². The van der Waals surface area contributed by atoms with E-state index in [2.05, 4.69) is 41.2 Å². The van der Waals surface area contributed by atoms with Crippen LogP contribution in [0.4, 0.5) is 24.5 Å². The molecule has 0 amide bonds. The molecular formula is C31H39F3N4O3S. The standard InChI is InChI=1S/C31H39F3N4O3S/c1-5-37(6-2)23-14-12-22(13-15-23)36-27-10-7-11-29-26(27)19-24(38(29)21-31(32,33)34)9-8-18-35-28-17-16-25(42(4,39)40)20-30(28)41-3/h7,10-11,16-17,19-20,22-23,35-36H,5-6,12-15,18,21H2,1-4H3/t22-,23-. The Kier molecular flexibility index (Phi) is 10.00. The summed E-state index contributed by atoms with van der Waals surface area (Å²) >= 11 is 0. The molecule has 11 heteroatoms. The fraction of sp³-hybridized carbons (Fsp3) is 0.484. The first kappa shape index (κ1) is 31.6. The van der Waals surface area contributed by atoms with E-state index in [-0.39, 0.29) is 23.2 Å². The molecule has 1 fully saturated rings. The monoisotopic (exact) mass is 604 g/mol. The van der Waals surface area contributed by atoms with Gasteiger partial charge in [0.05, 0.1) is 35.4 Å². The zero-order valence-electron chi connectivity index (χ0n) is 24.5. The van der Waals surface area contributed by atoms with Gasteiger partial charge >= 0.3 is 6.18 Å². The zero-order valence-corrected chi connectivity index (χ0v) is 25.3. The quantitative estimate of drug-likeness (QED) is 0.271. The molecule has 4 rings (SSSR count). The van der Waals surface area contributed by atoms with Crippen molar-refractivity contribution in [2.45, 2.75) is 69.2 Å². The van der Waals surface area contributed by atoms with Crippen LogP contribution in [0.5, 0.6) is 5.75 Å². The first-order valence-corrected chi connectivity index (χ1v) is 16.1. The zero-order chi connectivity index (χ0) is 30.5. The van der Waals surface area contributed by atoms with E-state index in [1.807, 2.05) is 6.07 Å². The highest BCUT2D eigenvalue weighted by molar-refractivity contribution is 7.90. The lowest BCUT2D eigenvalue weighted by Crippen LogP contribution is -2.40. The highest BCUT2D eigenvalue weighted by Crippen LogP contribution is 2.33. The summed E-state index contributed by atoms with van der Waals surface area (Å²) in [6.45, 7) is 5.41. The second-order valence-electron chi connectivity index (χ2n) is 10.6. The molecule has 0 radical (unpaired) electrons. The average molecular weight is 605 g/mol. The minimum atomic E-state index is -4.42. The van der Waals surface area contributed by atoms with Crippen molar-refractivity contribution in [3.8, 4) is 17.6 Å². The van der Waals surface area contributed by atoms with Crippen molar-refractivity contribution in [2.24, 2.45) is 0 Å². The molecule has 0 spiro atoms. The molecule has 0 aliphatic heterocycles. The number of sulfone groups is 1. The third kappa shape index (κ3) is 7.72. The van der Waals surface area contributed by atoms with Crippen LogP contribution in [0, 0.1) is 11.8 Å². The van der Waals surface area contributed by atoms with Crippen LogP contribution in [-0.4, -0.2) is 69.1 Å². The molecule has 2 aromatic carbocycles. The predicted molar refractivity (Wildman–Crippen MR) is 162 cm³/mol. The van der Waals surface area contributed by atoms with Crippen molar-refractivity contribution < 1.29 is 26.3 Å². The van der Waals surface area contributed by atoms with Crippen molar-refractivity contribution in [3.63, 3.8) is 0 Å². The van der Waals surface area contributed by atoms with Crippen molar-refractivity contribution in [1.29, 1.82) is 0 Å². The van der Waals surface area contributed by atoms with Gasteiger partial charge in [0, 0.05) is 35.5 Å². The van der Waals surface area contributed by atoms with Crippen LogP contribution in [0.25, 0.3) is 10.9 Å². The minimum absolute atomic E-state index is 0.114. The molecule has 1 aliphatic carbocycles. The predicted octanol–water partition coefficient (Wildman–Crippen LogP) is 6.14. The summed E-state index contributed by atoms with van der Waals surface area (Å²) in [6.07, 6.45) is 0.897. The number of ether oxygens (including phenoxy) is 1. The Morgan fingerprint density at radius 1 is 1.05 bits per heavy atom. The Hall–Kier alpha value is -3.36. The number of rotatable bonds is 10. The van der Waals surface area contributed by atoms with Gasteiger partial charge in [-0.2, -0.15) is 13.2 Å². The number of alkyl halides is 3. The van der Waals surface area contributed by atoms with E-state index in [9.17, 15) is 21.6 Å². The molecule has 0 atom stereocenters. The number of nitrogens with one attached hydrogen (secondary N) is 2. The minimum Gasteiger partial charge on any atom is -0.495 e. The Morgan fingerprint density at radius 3 is 2.38 bits per heavy atom. The summed E-state index contributed by atoms with van der Waals surface area (Å²) in [5, 5.41) is 7.38. The summed E-state index contributed by atoms with van der Waals surface area (Å²) in [6, 6.07) is 12.4. The lowest BCUT2D eigenvalue weighted by Gasteiger charge is -2.36. The van der Waals surface area contributed by atoms with Gasteiger partial charge < -0.3 is 24.8 Å². The number of methoxy groups -OCH3 is 1. The summed E-state index contributed by atoms with van der Waals surface area (Å²) in [7, 11) is -1.98. The first-order valence-electron chi connectivity index (χ1n) is 14.2. The van der Waals surface area contributed by atoms with Gasteiger partial charge in [-0.3, -0.25) is 0 Å². The van der Waals surface area contributed by atoms with Gasteiger partial charge in [-0.15, -0.1) is 0 Å². The van der Waals surface area contributed by atoms with E-state index in [0.29, 0.717) is 28.4 Å². The van der Waals surface area contributed by atoms with E-state index in [1.165, 1.54) is 23.8 Å². The van der Waals surface area contributed by atoms with Crippen molar-refractivity contribution in [2.75, 3.05) is 43.6 Å². The normalized spacial score (nSPS) is 17.6. The molecule has 42 heavy (non-hydrogen) atoms. The maximum atomic E-state index is 13.6. The smallest absolute Gasteiger partial charge is 0.406 e. The number of halogens is 3. The maximum Gasteiger partial charge on any atom is 0.406 e.